The van der Waals surface area contributed by atoms with Gasteiger partial charge in [-0.05, 0) is 19.3 Å². The minimum absolute atomic E-state index is 0.0629. The first-order valence-corrected chi connectivity index (χ1v) is 7.52. The summed E-state index contributed by atoms with van der Waals surface area (Å²) in [4.78, 5) is 11.2. The summed E-state index contributed by atoms with van der Waals surface area (Å²) in [5.41, 5.74) is -0.970. The lowest BCUT2D eigenvalue weighted by molar-refractivity contribution is -0.302. The van der Waals surface area contributed by atoms with Crippen molar-refractivity contribution in [2.24, 2.45) is 0 Å². The Kier molecular flexibility index (Phi) is 5.89. The highest BCUT2D eigenvalue weighted by atomic mass is 16.7. The Morgan fingerprint density at radius 1 is 1.14 bits per heavy atom. The molecule has 2 aliphatic rings. The second-order valence-electron chi connectivity index (χ2n) is 6.08. The molecule has 1 saturated carbocycles. The van der Waals surface area contributed by atoms with E-state index >= 15 is 0 Å². The number of rotatable bonds is 5. The summed E-state index contributed by atoms with van der Waals surface area (Å²) in [6.07, 6.45) is -4.83. The van der Waals surface area contributed by atoms with Crippen LogP contribution < -0.4 is 0 Å². The summed E-state index contributed by atoms with van der Waals surface area (Å²) in [5, 5.41) is 48.5. The van der Waals surface area contributed by atoms with E-state index in [2.05, 4.69) is 0 Å². The Hall–Kier alpha value is -0.610. The van der Waals surface area contributed by atoms with Crippen LogP contribution in [-0.4, -0.2) is 80.8 Å². The molecule has 1 aliphatic carbocycles. The number of aliphatic hydroxyl groups is 5. The molecule has 0 radical (unpaired) electrons. The van der Waals surface area contributed by atoms with Crippen LogP contribution in [0.1, 0.15) is 32.1 Å². The van der Waals surface area contributed by atoms with Crippen LogP contribution in [-0.2, 0) is 14.3 Å². The molecule has 5 atom stereocenters. The predicted molar refractivity (Wildman–Crippen MR) is 72.8 cm³/mol. The van der Waals surface area contributed by atoms with Gasteiger partial charge in [0.2, 0.25) is 0 Å². The maximum Gasteiger partial charge on any atom is 0.186 e. The lowest BCUT2D eigenvalue weighted by Crippen LogP contribution is -2.59. The van der Waals surface area contributed by atoms with E-state index in [0.29, 0.717) is 25.7 Å². The van der Waals surface area contributed by atoms with Crippen LogP contribution in [0.3, 0.4) is 0 Å². The van der Waals surface area contributed by atoms with Gasteiger partial charge in [0, 0.05) is 12.8 Å². The SMILES string of the molecule is O=C1CCC(O)([13CH2]CO[C@@H]2O[C@H](CO)[C@@H](O)[C@H](O)[C@H]2O)CC1. The van der Waals surface area contributed by atoms with E-state index in [1.807, 2.05) is 0 Å². The molecule has 0 unspecified atom stereocenters. The van der Waals surface area contributed by atoms with Gasteiger partial charge in [-0.15, -0.1) is 0 Å². The van der Waals surface area contributed by atoms with E-state index in [4.69, 9.17) is 14.6 Å². The molecular formula is C14H24O8. The predicted octanol–water partition coefficient (Wildman–Crippen LogP) is -1.93. The minimum atomic E-state index is -1.48. The fraction of sp³-hybridized carbons (Fsp3) is 0.929. The van der Waals surface area contributed by atoms with Crippen molar-refractivity contribution in [1.82, 2.24) is 0 Å². The van der Waals surface area contributed by atoms with Gasteiger partial charge in [0.25, 0.3) is 0 Å². The molecule has 1 heterocycles. The smallest absolute Gasteiger partial charge is 0.186 e. The van der Waals surface area contributed by atoms with Gasteiger partial charge in [-0.25, -0.2) is 0 Å². The molecule has 0 aromatic carbocycles. The van der Waals surface area contributed by atoms with E-state index in [9.17, 15) is 25.2 Å². The van der Waals surface area contributed by atoms with Gasteiger partial charge in [0.15, 0.2) is 6.29 Å². The zero-order valence-corrected chi connectivity index (χ0v) is 12.3. The Morgan fingerprint density at radius 3 is 2.36 bits per heavy atom. The van der Waals surface area contributed by atoms with Crippen LogP contribution in [0.5, 0.6) is 0 Å². The highest BCUT2D eigenvalue weighted by Crippen LogP contribution is 2.30. The van der Waals surface area contributed by atoms with Gasteiger partial charge in [0.1, 0.15) is 30.2 Å². The Bertz CT molecular complexity index is 375. The fourth-order valence-corrected chi connectivity index (χ4v) is 2.81. The topological polar surface area (TPSA) is 137 Å². The quantitative estimate of drug-likeness (QED) is 0.369. The van der Waals surface area contributed by atoms with Crippen LogP contribution in [0.15, 0.2) is 0 Å². The third-order valence-corrected chi connectivity index (χ3v) is 4.44. The standard InChI is InChI=1S/C14H24O8/c15-7-9-10(17)11(18)12(19)13(22-9)21-6-5-14(20)3-1-8(16)2-4-14/h9-13,15,17-20H,1-7H2/t9-,10-,11+,12-,13-/m1/s1/i5+1. The van der Waals surface area contributed by atoms with Gasteiger partial charge in [-0.1, -0.05) is 0 Å². The van der Waals surface area contributed by atoms with E-state index in [1.165, 1.54) is 0 Å². The summed E-state index contributed by atoms with van der Waals surface area (Å²) >= 11 is 0. The van der Waals surface area contributed by atoms with Crippen LogP contribution in [0.2, 0.25) is 0 Å². The number of aliphatic hydroxyl groups excluding tert-OH is 4. The van der Waals surface area contributed by atoms with Crippen LogP contribution in [0.4, 0.5) is 0 Å². The largest absolute Gasteiger partial charge is 0.394 e. The van der Waals surface area contributed by atoms with Gasteiger partial charge >= 0.3 is 0 Å². The van der Waals surface area contributed by atoms with Crippen molar-refractivity contribution in [3.63, 3.8) is 0 Å². The van der Waals surface area contributed by atoms with E-state index in [-0.39, 0.29) is 18.8 Å². The number of ether oxygens (including phenoxy) is 2. The average molecular weight is 321 g/mol. The van der Waals surface area contributed by atoms with Gasteiger partial charge in [-0.2, -0.15) is 0 Å². The normalized spacial score (nSPS) is 39.0. The molecule has 1 saturated heterocycles. The number of carbonyl (C=O) groups is 1. The molecule has 8 heteroatoms. The van der Waals surface area contributed by atoms with E-state index in [0.717, 1.165) is 0 Å². The van der Waals surface area contributed by atoms with Gasteiger partial charge < -0.3 is 35.0 Å². The van der Waals surface area contributed by atoms with E-state index < -0.39 is 42.9 Å². The number of hydrogen-bond donors (Lipinski definition) is 5. The summed E-state index contributed by atoms with van der Waals surface area (Å²) in [7, 11) is 0. The first-order valence-electron chi connectivity index (χ1n) is 7.52. The number of ketones is 1. The molecule has 0 spiro atoms. The molecule has 22 heavy (non-hydrogen) atoms. The highest BCUT2D eigenvalue weighted by Gasteiger charge is 2.44. The van der Waals surface area contributed by atoms with Crippen molar-refractivity contribution in [2.75, 3.05) is 13.2 Å². The van der Waals surface area contributed by atoms with Crippen molar-refractivity contribution < 1.29 is 39.8 Å². The maximum absolute atomic E-state index is 11.2. The first-order chi connectivity index (χ1) is 10.4. The number of carbonyl (C=O) groups excluding carboxylic acids is 1. The molecule has 5 N–H and O–H groups in total. The Morgan fingerprint density at radius 2 is 1.77 bits per heavy atom. The second kappa shape index (κ2) is 7.31. The summed E-state index contributed by atoms with van der Waals surface area (Å²) in [6.45, 7) is -0.454. The molecule has 0 aromatic heterocycles. The van der Waals surface area contributed by atoms with Gasteiger partial charge in [0.05, 0.1) is 18.8 Å². The fourth-order valence-electron chi connectivity index (χ4n) is 2.81. The monoisotopic (exact) mass is 321 g/mol. The Balaban J connectivity index is 1.81. The third-order valence-electron chi connectivity index (χ3n) is 4.44. The van der Waals surface area contributed by atoms with Crippen LogP contribution in [0.25, 0.3) is 0 Å². The van der Waals surface area contributed by atoms with Crippen molar-refractivity contribution in [3.8, 4) is 0 Å². The zero-order chi connectivity index (χ0) is 16.3. The molecule has 2 fully saturated rings. The van der Waals surface area contributed by atoms with Crippen molar-refractivity contribution in [1.29, 1.82) is 0 Å². The molecule has 2 rings (SSSR count). The minimum Gasteiger partial charge on any atom is -0.394 e. The summed E-state index contributed by atoms with van der Waals surface area (Å²) in [6, 6.07) is 0. The molecule has 0 bridgehead atoms. The molecule has 8 nitrogen and oxygen atoms in total. The van der Waals surface area contributed by atoms with Crippen molar-refractivity contribution >= 4 is 5.78 Å². The molecule has 0 amide bonds. The third kappa shape index (κ3) is 4.02. The lowest BCUT2D eigenvalue weighted by Gasteiger charge is -2.40. The molecular weight excluding hydrogens is 297 g/mol. The van der Waals surface area contributed by atoms with Crippen molar-refractivity contribution in [2.45, 2.75) is 68.4 Å². The van der Waals surface area contributed by atoms with Crippen LogP contribution in [0, 0.1) is 0 Å². The van der Waals surface area contributed by atoms with Crippen molar-refractivity contribution in [3.05, 3.63) is 0 Å². The maximum atomic E-state index is 11.2. The number of Topliss-reactive ketones (excluding diaryl/α,β-unsaturated/α-hetero) is 1. The summed E-state index contributed by atoms with van der Waals surface area (Å²) < 4.78 is 10.5. The Labute approximate surface area is 128 Å². The van der Waals surface area contributed by atoms with Crippen LogP contribution >= 0.6 is 0 Å². The average Bonchev–Trinajstić information content (AvgIpc) is 2.50. The zero-order valence-electron chi connectivity index (χ0n) is 12.3. The number of hydrogen-bond acceptors (Lipinski definition) is 8. The highest BCUT2D eigenvalue weighted by molar-refractivity contribution is 5.79. The second-order valence-corrected chi connectivity index (χ2v) is 6.08. The summed E-state index contributed by atoms with van der Waals surface area (Å²) in [5.74, 6) is 0.138. The van der Waals surface area contributed by atoms with E-state index in [1.54, 1.807) is 0 Å². The lowest BCUT2D eigenvalue weighted by atomic mass is 9.88. The molecule has 0 aromatic rings. The molecule has 1 aliphatic heterocycles. The molecule has 128 valence electrons. The van der Waals surface area contributed by atoms with Gasteiger partial charge in [-0.3, -0.25) is 4.79 Å². The first kappa shape index (κ1) is 17.7.